The van der Waals surface area contributed by atoms with Crippen LogP contribution in [0.1, 0.15) is 42.5 Å². The number of rotatable bonds is 5. The van der Waals surface area contributed by atoms with Gasteiger partial charge >= 0.3 is 0 Å². The van der Waals surface area contributed by atoms with Crippen molar-refractivity contribution in [2.45, 2.75) is 56.0 Å². The highest BCUT2D eigenvalue weighted by molar-refractivity contribution is 7.98. The molecule has 1 fully saturated rings. The molecule has 1 aliphatic carbocycles. The van der Waals surface area contributed by atoms with Gasteiger partial charge in [-0.25, -0.2) is 4.98 Å². The number of thioether (sulfide) groups is 1. The summed E-state index contributed by atoms with van der Waals surface area (Å²) in [7, 11) is 0. The number of likely N-dealkylation sites (tertiary alicyclic amines) is 1. The lowest BCUT2D eigenvalue weighted by atomic mass is 10.1. The number of piperidine rings is 1. The van der Waals surface area contributed by atoms with Gasteiger partial charge < -0.3 is 4.90 Å². The lowest BCUT2D eigenvalue weighted by Gasteiger charge is -2.27. The van der Waals surface area contributed by atoms with Crippen molar-refractivity contribution in [3.63, 3.8) is 0 Å². The van der Waals surface area contributed by atoms with E-state index < -0.39 is 0 Å². The maximum absolute atomic E-state index is 13.1. The van der Waals surface area contributed by atoms with Gasteiger partial charge in [-0.05, 0) is 44.1 Å². The van der Waals surface area contributed by atoms with Crippen LogP contribution in [0.2, 0.25) is 0 Å². The van der Waals surface area contributed by atoms with E-state index in [-0.39, 0.29) is 18.0 Å². The molecular weight excluding hydrogens is 358 g/mol. The molecule has 0 saturated carbocycles. The van der Waals surface area contributed by atoms with E-state index in [1.165, 1.54) is 12.0 Å². The van der Waals surface area contributed by atoms with Gasteiger partial charge in [-0.2, -0.15) is 0 Å². The Morgan fingerprint density at radius 2 is 1.81 bits per heavy atom. The summed E-state index contributed by atoms with van der Waals surface area (Å²) in [5.41, 5.74) is 2.91. The number of aromatic nitrogens is 2. The highest BCUT2D eigenvalue weighted by Gasteiger charge is 2.24. The van der Waals surface area contributed by atoms with Crippen LogP contribution < -0.4 is 5.56 Å². The first-order valence-corrected chi connectivity index (χ1v) is 10.8. The second-order valence-electron chi connectivity index (χ2n) is 7.28. The number of benzene rings is 1. The number of aryl methyl sites for hydroxylation is 1. The van der Waals surface area contributed by atoms with Crippen molar-refractivity contribution in [2.24, 2.45) is 0 Å². The number of hydrogen-bond acceptors (Lipinski definition) is 4. The molecule has 0 spiro atoms. The van der Waals surface area contributed by atoms with E-state index in [0.29, 0.717) is 5.16 Å². The molecule has 1 aromatic carbocycles. The second kappa shape index (κ2) is 8.30. The van der Waals surface area contributed by atoms with Crippen LogP contribution in [0.5, 0.6) is 0 Å². The molecule has 1 saturated heterocycles. The fraction of sp³-hybridized carbons (Fsp3) is 0.476. The van der Waals surface area contributed by atoms with E-state index >= 15 is 0 Å². The summed E-state index contributed by atoms with van der Waals surface area (Å²) in [5.74, 6) is 0.780. The number of carbonyl (C=O) groups excluding carboxylic acids is 1. The van der Waals surface area contributed by atoms with Gasteiger partial charge in [0.25, 0.3) is 5.56 Å². The van der Waals surface area contributed by atoms with Crippen LogP contribution in [0.15, 0.2) is 40.3 Å². The molecule has 4 rings (SSSR count). The number of carbonyl (C=O) groups is 1. The minimum Gasteiger partial charge on any atom is -0.341 e. The van der Waals surface area contributed by atoms with Crippen LogP contribution >= 0.6 is 11.8 Å². The first kappa shape index (κ1) is 18.3. The van der Waals surface area contributed by atoms with Crippen molar-refractivity contribution in [1.29, 1.82) is 0 Å². The van der Waals surface area contributed by atoms with E-state index in [1.807, 2.05) is 23.1 Å². The fourth-order valence-electron chi connectivity index (χ4n) is 3.86. The molecule has 1 aromatic heterocycles. The van der Waals surface area contributed by atoms with E-state index in [1.54, 1.807) is 16.3 Å². The van der Waals surface area contributed by atoms with E-state index in [9.17, 15) is 9.59 Å². The predicted octanol–water partition coefficient (Wildman–Crippen LogP) is 3.04. The van der Waals surface area contributed by atoms with Gasteiger partial charge in [0, 0.05) is 24.4 Å². The topological polar surface area (TPSA) is 55.2 Å². The second-order valence-corrected chi connectivity index (χ2v) is 8.22. The molecule has 2 heterocycles. The zero-order valence-electron chi connectivity index (χ0n) is 15.5. The molecule has 2 aromatic rings. The van der Waals surface area contributed by atoms with Gasteiger partial charge in [-0.15, -0.1) is 0 Å². The summed E-state index contributed by atoms with van der Waals surface area (Å²) >= 11 is 1.55. The lowest BCUT2D eigenvalue weighted by Crippen LogP contribution is -2.40. The molecule has 27 heavy (non-hydrogen) atoms. The van der Waals surface area contributed by atoms with Crippen molar-refractivity contribution in [3.8, 4) is 0 Å². The highest BCUT2D eigenvalue weighted by atomic mass is 32.2. The van der Waals surface area contributed by atoms with Crippen molar-refractivity contribution in [1.82, 2.24) is 14.5 Å². The summed E-state index contributed by atoms with van der Waals surface area (Å²) in [6, 6.07) is 10.2. The van der Waals surface area contributed by atoms with Crippen molar-refractivity contribution in [3.05, 3.63) is 57.5 Å². The van der Waals surface area contributed by atoms with Crippen LogP contribution in [0.4, 0.5) is 0 Å². The first-order chi connectivity index (χ1) is 13.2. The maximum Gasteiger partial charge on any atom is 0.258 e. The molecular formula is C21H25N3O2S. The summed E-state index contributed by atoms with van der Waals surface area (Å²) in [6.07, 6.45) is 5.91. The molecule has 0 N–H and O–H groups in total. The van der Waals surface area contributed by atoms with Gasteiger partial charge in [0.2, 0.25) is 5.91 Å². The SMILES string of the molecule is O=C(Cn1c(SCc2ccccc2)nc2c(c1=O)CCC2)N1CCCCC1. The third kappa shape index (κ3) is 4.10. The Hall–Kier alpha value is -2.08. The molecule has 0 atom stereocenters. The van der Waals surface area contributed by atoms with Crippen molar-refractivity contribution < 1.29 is 4.79 Å². The average molecular weight is 384 g/mol. The molecule has 142 valence electrons. The maximum atomic E-state index is 13.1. The Morgan fingerprint density at radius 1 is 1.04 bits per heavy atom. The largest absolute Gasteiger partial charge is 0.341 e. The highest BCUT2D eigenvalue weighted by Crippen LogP contribution is 2.24. The molecule has 0 bridgehead atoms. The fourth-order valence-corrected chi connectivity index (χ4v) is 4.82. The smallest absolute Gasteiger partial charge is 0.258 e. The predicted molar refractivity (Wildman–Crippen MR) is 107 cm³/mol. The lowest BCUT2D eigenvalue weighted by molar-refractivity contribution is -0.132. The number of amides is 1. The van der Waals surface area contributed by atoms with Crippen LogP contribution in [-0.2, 0) is 29.9 Å². The standard InChI is InChI=1S/C21H25N3O2S/c25-19(23-12-5-2-6-13-23)14-24-20(26)17-10-7-11-18(17)22-21(24)27-15-16-8-3-1-4-9-16/h1,3-4,8-9H,2,5-7,10-15H2. The zero-order chi connectivity index (χ0) is 18.6. The summed E-state index contributed by atoms with van der Waals surface area (Å²) in [6.45, 7) is 1.72. The Morgan fingerprint density at radius 3 is 2.59 bits per heavy atom. The van der Waals surface area contributed by atoms with Crippen molar-refractivity contribution >= 4 is 17.7 Å². The molecule has 0 radical (unpaired) electrons. The minimum absolute atomic E-state index is 0.0154. The molecule has 6 heteroatoms. The minimum atomic E-state index is -0.0154. The van der Waals surface area contributed by atoms with Crippen molar-refractivity contribution in [2.75, 3.05) is 13.1 Å². The van der Waals surface area contributed by atoms with Gasteiger partial charge in [-0.3, -0.25) is 14.2 Å². The normalized spacial score (nSPS) is 16.4. The quantitative estimate of drug-likeness (QED) is 0.588. The monoisotopic (exact) mass is 383 g/mol. The van der Waals surface area contributed by atoms with Crippen LogP contribution in [-0.4, -0.2) is 33.4 Å². The number of fused-ring (bicyclic) bond motifs is 1. The first-order valence-electron chi connectivity index (χ1n) is 9.79. The summed E-state index contributed by atoms with van der Waals surface area (Å²) in [5, 5.41) is 0.676. The van der Waals surface area contributed by atoms with E-state index in [2.05, 4.69) is 12.1 Å². The molecule has 1 aliphatic heterocycles. The third-order valence-electron chi connectivity index (χ3n) is 5.37. The average Bonchev–Trinajstić information content (AvgIpc) is 3.19. The van der Waals surface area contributed by atoms with E-state index in [4.69, 9.17) is 4.98 Å². The zero-order valence-corrected chi connectivity index (χ0v) is 16.3. The Balaban J connectivity index is 1.60. The van der Waals surface area contributed by atoms with E-state index in [0.717, 1.165) is 62.2 Å². The molecule has 0 unspecified atom stereocenters. The van der Waals surface area contributed by atoms with Gasteiger partial charge in [0.15, 0.2) is 5.16 Å². The van der Waals surface area contributed by atoms with Gasteiger partial charge in [0.1, 0.15) is 6.54 Å². The number of hydrogen-bond donors (Lipinski definition) is 0. The molecule has 1 amide bonds. The third-order valence-corrected chi connectivity index (χ3v) is 6.41. The van der Waals surface area contributed by atoms with Gasteiger partial charge in [-0.1, -0.05) is 42.1 Å². The van der Waals surface area contributed by atoms with Crippen LogP contribution in [0.25, 0.3) is 0 Å². The van der Waals surface area contributed by atoms with Crippen LogP contribution in [0, 0.1) is 0 Å². The summed E-state index contributed by atoms with van der Waals surface area (Å²) in [4.78, 5) is 32.5. The Labute approximate surface area is 163 Å². The number of nitrogens with zero attached hydrogens (tertiary/aromatic N) is 3. The molecule has 5 nitrogen and oxygen atoms in total. The molecule has 2 aliphatic rings. The van der Waals surface area contributed by atoms with Gasteiger partial charge in [0.05, 0.1) is 5.69 Å². The Kier molecular flexibility index (Phi) is 5.62. The summed E-state index contributed by atoms with van der Waals surface area (Å²) < 4.78 is 1.62. The van der Waals surface area contributed by atoms with Crippen LogP contribution in [0.3, 0.4) is 0 Å². The Bertz CT molecular complexity index is 873.